The molecule has 1 heterocycles. The molecule has 182 valence electrons. The fraction of sp³-hybridized carbons (Fsp3) is 0.0909. The zero-order valence-electron chi connectivity index (χ0n) is 18.3. The smallest absolute Gasteiger partial charge is 0.294 e. The highest BCUT2D eigenvalue weighted by Gasteiger charge is 2.07. The number of nitrogen functional groups attached to an aromatic ring is 1. The second-order valence-electron chi connectivity index (χ2n) is 6.85. The summed E-state index contributed by atoms with van der Waals surface area (Å²) in [5.74, 6) is 0.538. The van der Waals surface area contributed by atoms with Gasteiger partial charge in [-0.25, -0.2) is 9.97 Å². The molecule has 1 aromatic heterocycles. The predicted molar refractivity (Wildman–Crippen MR) is 130 cm³/mol. The Morgan fingerprint density at radius 3 is 1.47 bits per heavy atom. The van der Waals surface area contributed by atoms with E-state index in [0.29, 0.717) is 5.82 Å². The average molecular weight is 508 g/mol. The lowest BCUT2D eigenvalue weighted by atomic mass is 10.2. The first-order valence-electron chi connectivity index (χ1n) is 9.41. The van der Waals surface area contributed by atoms with Crippen LogP contribution in [-0.2, 0) is 20.2 Å². The van der Waals surface area contributed by atoms with Gasteiger partial charge in [0.1, 0.15) is 12.1 Å². The number of nitrogens with zero attached hydrogens (tertiary/aromatic N) is 2. The third-order valence-corrected chi connectivity index (χ3v) is 5.95. The number of nitrogens with two attached hydrogens (primary N) is 1. The maximum absolute atomic E-state index is 10.5. The van der Waals surface area contributed by atoms with Gasteiger partial charge >= 0.3 is 0 Å². The number of aryl methyl sites for hydroxylation is 2. The summed E-state index contributed by atoms with van der Waals surface area (Å²) in [7, 11) is -8.04. The summed E-state index contributed by atoms with van der Waals surface area (Å²) in [5.41, 5.74) is 8.41. The average Bonchev–Trinajstić information content (AvgIpc) is 2.74. The van der Waals surface area contributed by atoms with Gasteiger partial charge in [-0.15, -0.1) is 0 Å². The summed E-state index contributed by atoms with van der Waals surface area (Å²) in [6.07, 6.45) is 1.47. The Bertz CT molecular complexity index is 1350. The molecule has 10 nitrogen and oxygen atoms in total. The number of rotatable bonds is 2. The first-order valence-corrected chi connectivity index (χ1v) is 12.3. The molecule has 0 saturated carbocycles. The minimum atomic E-state index is -4.02. The van der Waals surface area contributed by atoms with Crippen LogP contribution in [0.1, 0.15) is 11.1 Å². The van der Waals surface area contributed by atoms with Gasteiger partial charge in [0.2, 0.25) is 0 Å². The molecule has 0 aliphatic rings. The highest BCUT2D eigenvalue weighted by Crippen LogP contribution is 2.14. The molecule has 0 saturated heterocycles. The summed E-state index contributed by atoms with van der Waals surface area (Å²) in [5, 5.41) is 0.912. The van der Waals surface area contributed by atoms with E-state index >= 15 is 0 Å². The van der Waals surface area contributed by atoms with E-state index in [9.17, 15) is 16.8 Å². The molecule has 12 heteroatoms. The van der Waals surface area contributed by atoms with Crippen LogP contribution in [0, 0.1) is 13.8 Å². The predicted octanol–water partition coefficient (Wildman–Crippen LogP) is 2.87. The molecule has 0 aliphatic carbocycles. The van der Waals surface area contributed by atoms with Crippen molar-refractivity contribution in [2.75, 3.05) is 5.73 Å². The van der Waals surface area contributed by atoms with Crippen molar-refractivity contribution >= 4 is 37.0 Å². The lowest BCUT2D eigenvalue weighted by Gasteiger charge is -1.96. The van der Waals surface area contributed by atoms with Crippen LogP contribution >= 0.6 is 0 Å². The van der Waals surface area contributed by atoms with Gasteiger partial charge in [0.15, 0.2) is 0 Å². The third kappa shape index (κ3) is 8.84. The molecule has 0 spiro atoms. The van der Waals surface area contributed by atoms with Crippen LogP contribution < -0.4 is 5.73 Å². The Kier molecular flexibility index (Phi) is 10.2. The fourth-order valence-corrected chi connectivity index (χ4v) is 3.41. The van der Waals surface area contributed by atoms with Crippen molar-refractivity contribution in [3.8, 4) is 0 Å². The van der Waals surface area contributed by atoms with Gasteiger partial charge in [-0.1, -0.05) is 47.5 Å². The Hall–Kier alpha value is -3.42. The number of aromatic nitrogens is 2. The second-order valence-corrected chi connectivity index (χ2v) is 9.70. The van der Waals surface area contributed by atoms with Gasteiger partial charge < -0.3 is 11.2 Å². The first kappa shape index (κ1) is 28.6. The van der Waals surface area contributed by atoms with Crippen LogP contribution in [0.3, 0.4) is 0 Å². The van der Waals surface area contributed by atoms with Crippen molar-refractivity contribution in [2.24, 2.45) is 0 Å². The Morgan fingerprint density at radius 2 is 1.09 bits per heavy atom. The van der Waals surface area contributed by atoms with Crippen LogP contribution in [-0.4, -0.2) is 41.4 Å². The summed E-state index contributed by atoms with van der Waals surface area (Å²) in [6, 6.07) is 19.6. The molecular formula is C22H25N3O7S2. The summed E-state index contributed by atoms with van der Waals surface area (Å²) < 4.78 is 59.1. The fourth-order valence-electron chi connectivity index (χ4n) is 2.45. The van der Waals surface area contributed by atoms with E-state index in [-0.39, 0.29) is 15.3 Å². The SMILES string of the molecule is Cc1ccc(S(=O)(=O)O)cc1.Cc1ccc(S(=O)(=O)O)cc1.Nc1ncnc2ccccc12.O. The van der Waals surface area contributed by atoms with E-state index in [1.54, 1.807) is 24.3 Å². The number of fused-ring (bicyclic) bond motifs is 1. The van der Waals surface area contributed by atoms with Crippen LogP contribution in [0.4, 0.5) is 5.82 Å². The standard InChI is InChI=1S/C8H7N3.2C7H8O3S.H2O/c9-8-6-3-1-2-4-7(6)10-5-11-8;2*1-6-2-4-7(5-3-6)11(8,9)10;/h1-5H,(H2,9,10,11);2*2-5H,1H3,(H,8,9,10);1H2. The van der Waals surface area contributed by atoms with E-state index < -0.39 is 20.2 Å². The number of para-hydroxylation sites is 1. The molecule has 0 bridgehead atoms. The van der Waals surface area contributed by atoms with Crippen molar-refractivity contribution in [1.82, 2.24) is 9.97 Å². The van der Waals surface area contributed by atoms with Crippen LogP contribution in [0.25, 0.3) is 10.9 Å². The van der Waals surface area contributed by atoms with Crippen molar-refractivity contribution < 1.29 is 31.4 Å². The van der Waals surface area contributed by atoms with Gasteiger partial charge in [0.25, 0.3) is 20.2 Å². The highest BCUT2D eigenvalue weighted by molar-refractivity contribution is 7.86. The van der Waals surface area contributed by atoms with E-state index in [1.807, 2.05) is 38.1 Å². The van der Waals surface area contributed by atoms with E-state index in [1.165, 1.54) is 30.6 Å². The monoisotopic (exact) mass is 507 g/mol. The molecular weight excluding hydrogens is 482 g/mol. The van der Waals surface area contributed by atoms with E-state index in [2.05, 4.69) is 9.97 Å². The number of hydrogen-bond acceptors (Lipinski definition) is 7. The molecule has 0 aliphatic heterocycles. The number of hydrogen-bond donors (Lipinski definition) is 3. The summed E-state index contributed by atoms with van der Waals surface area (Å²) in [6.45, 7) is 3.68. The topological polar surface area (TPSA) is 192 Å². The first-order chi connectivity index (χ1) is 15.4. The maximum atomic E-state index is 10.5. The number of benzene rings is 3. The lowest BCUT2D eigenvalue weighted by molar-refractivity contribution is 0.481. The summed E-state index contributed by atoms with van der Waals surface area (Å²) in [4.78, 5) is 7.79. The van der Waals surface area contributed by atoms with Gasteiger partial charge in [-0.2, -0.15) is 16.8 Å². The number of anilines is 1. The van der Waals surface area contributed by atoms with Gasteiger partial charge in [-0.3, -0.25) is 9.11 Å². The lowest BCUT2D eigenvalue weighted by Crippen LogP contribution is -1.96. The minimum Gasteiger partial charge on any atom is -0.412 e. The van der Waals surface area contributed by atoms with Crippen molar-refractivity contribution in [3.63, 3.8) is 0 Å². The van der Waals surface area contributed by atoms with Crippen molar-refractivity contribution in [1.29, 1.82) is 0 Å². The molecule has 0 amide bonds. The van der Waals surface area contributed by atoms with Crippen LogP contribution in [0.15, 0.2) is 88.9 Å². The molecule has 34 heavy (non-hydrogen) atoms. The Balaban J connectivity index is 0.000000251. The van der Waals surface area contributed by atoms with Gasteiger partial charge in [-0.05, 0) is 50.2 Å². The quantitative estimate of drug-likeness (QED) is 0.342. The van der Waals surface area contributed by atoms with Gasteiger partial charge in [0.05, 0.1) is 15.3 Å². The molecule has 3 aromatic carbocycles. The zero-order valence-corrected chi connectivity index (χ0v) is 20.0. The Morgan fingerprint density at radius 1 is 0.676 bits per heavy atom. The maximum Gasteiger partial charge on any atom is 0.294 e. The Labute approximate surface area is 197 Å². The van der Waals surface area contributed by atoms with E-state index in [0.717, 1.165) is 22.0 Å². The molecule has 0 atom stereocenters. The van der Waals surface area contributed by atoms with E-state index in [4.69, 9.17) is 14.8 Å². The molecule has 4 rings (SSSR count). The molecule has 0 fully saturated rings. The van der Waals surface area contributed by atoms with Crippen LogP contribution in [0.5, 0.6) is 0 Å². The van der Waals surface area contributed by atoms with Crippen molar-refractivity contribution in [2.45, 2.75) is 23.6 Å². The normalized spacial score (nSPS) is 10.7. The summed E-state index contributed by atoms with van der Waals surface area (Å²) >= 11 is 0. The molecule has 0 radical (unpaired) electrons. The van der Waals surface area contributed by atoms with Crippen molar-refractivity contribution in [3.05, 3.63) is 90.3 Å². The molecule has 0 unspecified atom stereocenters. The molecule has 4 aromatic rings. The third-order valence-electron chi connectivity index (χ3n) is 4.21. The van der Waals surface area contributed by atoms with Gasteiger partial charge in [0, 0.05) is 5.39 Å². The van der Waals surface area contributed by atoms with Crippen LogP contribution in [0.2, 0.25) is 0 Å². The zero-order chi connectivity index (χ0) is 24.6. The highest BCUT2D eigenvalue weighted by atomic mass is 32.2. The minimum absolute atomic E-state index is 0. The largest absolute Gasteiger partial charge is 0.412 e. The molecule has 6 N–H and O–H groups in total. The second kappa shape index (κ2) is 12.2.